The molecule has 1 aromatic carbocycles. The summed E-state index contributed by atoms with van der Waals surface area (Å²) >= 11 is 0. The Labute approximate surface area is 120 Å². The van der Waals surface area contributed by atoms with E-state index in [-0.39, 0.29) is 11.6 Å². The monoisotopic (exact) mass is 285 g/mol. The molecule has 5 heteroatoms. The Morgan fingerprint density at radius 2 is 2.00 bits per heavy atom. The summed E-state index contributed by atoms with van der Waals surface area (Å²) in [4.78, 5) is 0. The number of nitrogens with one attached hydrogen (secondary N) is 1. The van der Waals surface area contributed by atoms with Crippen LogP contribution >= 0.6 is 0 Å². The zero-order valence-corrected chi connectivity index (χ0v) is 12.3. The fourth-order valence-electron chi connectivity index (χ4n) is 1.66. The number of benzene rings is 1. The molecule has 0 saturated heterocycles. The van der Waals surface area contributed by atoms with E-state index in [1.165, 1.54) is 6.07 Å². The molecule has 0 amide bonds. The van der Waals surface area contributed by atoms with Crippen molar-refractivity contribution in [2.24, 2.45) is 0 Å². The smallest absolute Gasteiger partial charge is 0.165 e. The van der Waals surface area contributed by atoms with Gasteiger partial charge in [-0.3, -0.25) is 0 Å². The number of methoxy groups -OCH3 is 1. The van der Waals surface area contributed by atoms with Crippen LogP contribution in [0.15, 0.2) is 18.2 Å². The second kappa shape index (κ2) is 10.6. The van der Waals surface area contributed by atoms with Gasteiger partial charge in [-0.25, -0.2) is 4.39 Å². The van der Waals surface area contributed by atoms with Crippen LogP contribution in [0.25, 0.3) is 0 Å². The Morgan fingerprint density at radius 1 is 1.15 bits per heavy atom. The average Bonchev–Trinajstić information content (AvgIpc) is 2.46. The molecule has 0 atom stereocenters. The lowest BCUT2D eigenvalue weighted by atomic mass is 10.2. The summed E-state index contributed by atoms with van der Waals surface area (Å²) in [5.41, 5.74) is 0.910. The van der Waals surface area contributed by atoms with E-state index in [2.05, 4.69) is 5.32 Å². The van der Waals surface area contributed by atoms with Crippen LogP contribution in [0, 0.1) is 5.82 Å². The van der Waals surface area contributed by atoms with E-state index in [9.17, 15) is 4.39 Å². The molecule has 0 aliphatic carbocycles. The number of hydrogen-bond acceptors (Lipinski definition) is 4. The van der Waals surface area contributed by atoms with E-state index in [4.69, 9.17) is 14.2 Å². The van der Waals surface area contributed by atoms with Gasteiger partial charge >= 0.3 is 0 Å². The van der Waals surface area contributed by atoms with E-state index in [1.807, 2.05) is 13.0 Å². The summed E-state index contributed by atoms with van der Waals surface area (Å²) in [6, 6.07) is 5.02. The highest BCUT2D eigenvalue weighted by Gasteiger charge is 2.04. The summed E-state index contributed by atoms with van der Waals surface area (Å²) in [5.74, 6) is -0.0643. The second-order valence-corrected chi connectivity index (χ2v) is 4.35. The lowest BCUT2D eigenvalue weighted by Gasteiger charge is -2.09. The van der Waals surface area contributed by atoms with Crippen molar-refractivity contribution in [3.63, 3.8) is 0 Å². The SMILES string of the molecule is CCNCc1ccc(OCCOCCCOC)c(F)c1. The minimum atomic E-state index is -0.334. The highest BCUT2D eigenvalue weighted by molar-refractivity contribution is 5.29. The summed E-state index contributed by atoms with van der Waals surface area (Å²) in [6.45, 7) is 5.64. The molecule has 0 aliphatic rings. The van der Waals surface area contributed by atoms with Crippen molar-refractivity contribution < 1.29 is 18.6 Å². The zero-order valence-electron chi connectivity index (χ0n) is 12.3. The van der Waals surface area contributed by atoms with Crippen LogP contribution in [-0.2, 0) is 16.0 Å². The molecule has 1 N–H and O–H groups in total. The standard InChI is InChI=1S/C15H24FNO3/c1-3-17-12-13-5-6-15(14(16)11-13)20-10-9-19-8-4-7-18-2/h5-6,11,17H,3-4,7-10,12H2,1-2H3. The molecule has 1 rings (SSSR count). The molecule has 0 saturated carbocycles. The lowest BCUT2D eigenvalue weighted by molar-refractivity contribution is 0.0797. The van der Waals surface area contributed by atoms with Crippen LogP contribution in [0.4, 0.5) is 4.39 Å². The number of halogens is 1. The molecule has 114 valence electrons. The van der Waals surface area contributed by atoms with Crippen LogP contribution in [0.1, 0.15) is 18.9 Å². The molecule has 20 heavy (non-hydrogen) atoms. The van der Waals surface area contributed by atoms with Gasteiger partial charge < -0.3 is 19.5 Å². The van der Waals surface area contributed by atoms with Crippen LogP contribution in [-0.4, -0.2) is 40.1 Å². The minimum Gasteiger partial charge on any atom is -0.488 e. The normalized spacial score (nSPS) is 10.8. The third kappa shape index (κ3) is 6.84. The molecule has 0 heterocycles. The van der Waals surface area contributed by atoms with Gasteiger partial charge in [0, 0.05) is 26.9 Å². The van der Waals surface area contributed by atoms with E-state index >= 15 is 0 Å². The first-order chi connectivity index (χ1) is 9.77. The summed E-state index contributed by atoms with van der Waals surface area (Å²) in [5, 5.41) is 3.15. The van der Waals surface area contributed by atoms with Crippen LogP contribution in [0.5, 0.6) is 5.75 Å². The first-order valence-corrected chi connectivity index (χ1v) is 6.96. The first-order valence-electron chi connectivity index (χ1n) is 6.96. The number of ether oxygens (including phenoxy) is 3. The zero-order chi connectivity index (χ0) is 14.6. The van der Waals surface area contributed by atoms with Crippen LogP contribution in [0.2, 0.25) is 0 Å². The highest BCUT2D eigenvalue weighted by Crippen LogP contribution is 2.18. The molecule has 0 radical (unpaired) electrons. The van der Waals surface area contributed by atoms with Crippen LogP contribution < -0.4 is 10.1 Å². The molecule has 0 fully saturated rings. The second-order valence-electron chi connectivity index (χ2n) is 4.35. The maximum Gasteiger partial charge on any atom is 0.165 e. The topological polar surface area (TPSA) is 39.7 Å². The van der Waals surface area contributed by atoms with Gasteiger partial charge in [0.05, 0.1) is 6.61 Å². The summed E-state index contributed by atoms with van der Waals surface area (Å²) in [7, 11) is 1.66. The van der Waals surface area contributed by atoms with Crippen molar-refractivity contribution in [3.05, 3.63) is 29.6 Å². The third-order valence-electron chi connectivity index (χ3n) is 2.70. The van der Waals surface area contributed by atoms with Gasteiger partial charge in [-0.05, 0) is 30.7 Å². The maximum atomic E-state index is 13.7. The van der Waals surface area contributed by atoms with Crippen molar-refractivity contribution in [2.45, 2.75) is 19.9 Å². The quantitative estimate of drug-likeness (QED) is 0.634. The largest absolute Gasteiger partial charge is 0.488 e. The Morgan fingerprint density at radius 3 is 2.70 bits per heavy atom. The van der Waals surface area contributed by atoms with E-state index in [0.717, 1.165) is 18.5 Å². The fraction of sp³-hybridized carbons (Fsp3) is 0.600. The van der Waals surface area contributed by atoms with Gasteiger partial charge in [0.15, 0.2) is 11.6 Å². The van der Waals surface area contributed by atoms with Crippen molar-refractivity contribution in [1.29, 1.82) is 0 Å². The minimum absolute atomic E-state index is 0.269. The van der Waals surface area contributed by atoms with Gasteiger partial charge in [-0.15, -0.1) is 0 Å². The fourth-order valence-corrected chi connectivity index (χ4v) is 1.66. The van der Waals surface area contributed by atoms with Crippen molar-refractivity contribution >= 4 is 0 Å². The molecule has 0 spiro atoms. The van der Waals surface area contributed by atoms with E-state index < -0.39 is 0 Å². The summed E-state index contributed by atoms with van der Waals surface area (Å²) in [6.07, 6.45) is 0.851. The van der Waals surface area contributed by atoms with Crippen molar-refractivity contribution in [2.75, 3.05) is 40.1 Å². The highest BCUT2D eigenvalue weighted by atomic mass is 19.1. The van der Waals surface area contributed by atoms with Gasteiger partial charge in [0.2, 0.25) is 0 Å². The molecule has 0 bridgehead atoms. The molecule has 1 aromatic rings. The Kier molecular flexibility index (Phi) is 8.95. The third-order valence-corrected chi connectivity index (χ3v) is 2.70. The van der Waals surface area contributed by atoms with Gasteiger partial charge in [0.25, 0.3) is 0 Å². The number of hydrogen-bond donors (Lipinski definition) is 1. The van der Waals surface area contributed by atoms with Crippen molar-refractivity contribution in [1.82, 2.24) is 5.32 Å². The number of rotatable bonds is 11. The van der Waals surface area contributed by atoms with Gasteiger partial charge in [-0.2, -0.15) is 0 Å². The van der Waals surface area contributed by atoms with Crippen molar-refractivity contribution in [3.8, 4) is 5.75 Å². The van der Waals surface area contributed by atoms with Gasteiger partial charge in [-0.1, -0.05) is 13.0 Å². The maximum absolute atomic E-state index is 13.7. The first kappa shape index (κ1) is 16.9. The molecular formula is C15H24FNO3. The van der Waals surface area contributed by atoms with Crippen LogP contribution in [0.3, 0.4) is 0 Å². The molecule has 4 nitrogen and oxygen atoms in total. The average molecular weight is 285 g/mol. The molecular weight excluding hydrogens is 261 g/mol. The Bertz CT molecular complexity index is 374. The Hall–Kier alpha value is -1.17. The summed E-state index contributed by atoms with van der Waals surface area (Å²) < 4.78 is 29.3. The Balaban J connectivity index is 2.23. The predicted molar refractivity (Wildman–Crippen MR) is 76.6 cm³/mol. The van der Waals surface area contributed by atoms with E-state index in [1.54, 1.807) is 13.2 Å². The van der Waals surface area contributed by atoms with Gasteiger partial charge in [0.1, 0.15) is 6.61 Å². The predicted octanol–water partition coefficient (Wildman–Crippen LogP) is 2.37. The molecule has 0 aliphatic heterocycles. The molecule has 0 aromatic heterocycles. The molecule has 0 unspecified atom stereocenters. The van der Waals surface area contributed by atoms with E-state index in [0.29, 0.717) is 33.0 Å². The lowest BCUT2D eigenvalue weighted by Crippen LogP contribution is -2.12.